The van der Waals surface area contributed by atoms with E-state index in [0.29, 0.717) is 12.2 Å². The van der Waals surface area contributed by atoms with Gasteiger partial charge in [0.25, 0.3) is 5.56 Å². The highest BCUT2D eigenvalue weighted by molar-refractivity contribution is 6.32. The number of anilines is 1. The number of aromatic nitrogens is 2. The predicted octanol–water partition coefficient (Wildman–Crippen LogP) is 1.01. The third-order valence-electron chi connectivity index (χ3n) is 2.34. The number of nitrogens with zero attached hydrogens (tertiary/aromatic N) is 1. The lowest BCUT2D eigenvalue weighted by Crippen LogP contribution is -2.20. The summed E-state index contributed by atoms with van der Waals surface area (Å²) in [4.78, 5) is 11.1. The van der Waals surface area contributed by atoms with Crippen LogP contribution in [0.25, 0.3) is 0 Å². The fraction of sp³-hybridized carbons (Fsp3) is 0.556. The van der Waals surface area contributed by atoms with E-state index in [9.17, 15) is 4.79 Å². The molecule has 1 aliphatic heterocycles. The lowest BCUT2D eigenvalue weighted by Gasteiger charge is -2.11. The molecule has 15 heavy (non-hydrogen) atoms. The van der Waals surface area contributed by atoms with E-state index < -0.39 is 0 Å². The Morgan fingerprint density at radius 2 is 2.60 bits per heavy atom. The van der Waals surface area contributed by atoms with Gasteiger partial charge in [-0.1, -0.05) is 11.6 Å². The average molecular weight is 230 g/mol. The summed E-state index contributed by atoms with van der Waals surface area (Å²) in [5.74, 6) is 0. The molecule has 0 amide bonds. The van der Waals surface area contributed by atoms with Gasteiger partial charge in [-0.2, -0.15) is 5.10 Å². The van der Waals surface area contributed by atoms with Crippen molar-refractivity contribution in [1.82, 2.24) is 10.2 Å². The number of nitrogens with one attached hydrogen (secondary N) is 2. The van der Waals surface area contributed by atoms with Crippen molar-refractivity contribution < 1.29 is 4.74 Å². The minimum absolute atomic E-state index is 0.142. The molecule has 5 nitrogen and oxygen atoms in total. The van der Waals surface area contributed by atoms with Gasteiger partial charge in [0, 0.05) is 13.2 Å². The highest BCUT2D eigenvalue weighted by Gasteiger charge is 2.15. The second-order valence-electron chi connectivity index (χ2n) is 3.44. The van der Waals surface area contributed by atoms with E-state index in [4.69, 9.17) is 16.3 Å². The van der Waals surface area contributed by atoms with Crippen molar-refractivity contribution in [1.29, 1.82) is 0 Å². The normalized spacial score (nSPS) is 20.5. The first-order chi connectivity index (χ1) is 7.27. The lowest BCUT2D eigenvalue weighted by molar-refractivity contribution is 0.120. The molecule has 1 atom stereocenters. The second kappa shape index (κ2) is 4.63. The number of halogens is 1. The summed E-state index contributed by atoms with van der Waals surface area (Å²) in [6, 6.07) is 0. The molecule has 1 fully saturated rings. The van der Waals surface area contributed by atoms with Crippen LogP contribution in [0, 0.1) is 0 Å². The number of H-pyrrole nitrogens is 1. The van der Waals surface area contributed by atoms with E-state index in [1.54, 1.807) is 0 Å². The van der Waals surface area contributed by atoms with Gasteiger partial charge in [0.15, 0.2) is 0 Å². The molecule has 0 unspecified atom stereocenters. The van der Waals surface area contributed by atoms with Crippen molar-refractivity contribution in [2.45, 2.75) is 18.9 Å². The quantitative estimate of drug-likeness (QED) is 0.812. The Hall–Kier alpha value is -1.07. The molecule has 1 aromatic heterocycles. The molecule has 2 heterocycles. The third kappa shape index (κ3) is 2.49. The molecule has 82 valence electrons. The number of rotatable bonds is 3. The Morgan fingerprint density at radius 1 is 1.73 bits per heavy atom. The number of ether oxygens (including phenoxy) is 1. The van der Waals surface area contributed by atoms with Crippen LogP contribution < -0.4 is 10.9 Å². The number of hydrogen-bond donors (Lipinski definition) is 2. The zero-order valence-electron chi connectivity index (χ0n) is 8.12. The fourth-order valence-electron chi connectivity index (χ4n) is 1.54. The lowest BCUT2D eigenvalue weighted by atomic mass is 10.2. The van der Waals surface area contributed by atoms with Gasteiger partial charge in [-0.3, -0.25) is 4.79 Å². The second-order valence-corrected chi connectivity index (χ2v) is 3.82. The van der Waals surface area contributed by atoms with Crippen LogP contribution in [0.5, 0.6) is 0 Å². The summed E-state index contributed by atoms with van der Waals surface area (Å²) in [6.07, 6.45) is 3.84. The first kappa shape index (κ1) is 10.4. The Kier molecular flexibility index (Phi) is 3.23. The van der Waals surface area contributed by atoms with Gasteiger partial charge < -0.3 is 10.1 Å². The molecule has 0 radical (unpaired) electrons. The van der Waals surface area contributed by atoms with Crippen molar-refractivity contribution in [2.24, 2.45) is 0 Å². The van der Waals surface area contributed by atoms with E-state index in [2.05, 4.69) is 15.5 Å². The van der Waals surface area contributed by atoms with Crippen LogP contribution in [0.3, 0.4) is 0 Å². The van der Waals surface area contributed by atoms with Crippen LogP contribution in [-0.4, -0.2) is 29.5 Å². The van der Waals surface area contributed by atoms with Crippen molar-refractivity contribution in [3.8, 4) is 0 Å². The van der Waals surface area contributed by atoms with Gasteiger partial charge in [-0.25, -0.2) is 5.10 Å². The third-order valence-corrected chi connectivity index (χ3v) is 2.71. The molecular formula is C9H12ClN3O2. The van der Waals surface area contributed by atoms with Gasteiger partial charge in [0.1, 0.15) is 5.02 Å². The Morgan fingerprint density at radius 3 is 3.33 bits per heavy atom. The molecule has 2 N–H and O–H groups in total. The summed E-state index contributed by atoms with van der Waals surface area (Å²) in [6.45, 7) is 1.47. The van der Waals surface area contributed by atoms with Crippen LogP contribution in [0.15, 0.2) is 11.0 Å². The molecule has 0 saturated carbocycles. The van der Waals surface area contributed by atoms with Crippen LogP contribution in [0.2, 0.25) is 5.02 Å². The molecule has 1 aromatic rings. The molecule has 0 aromatic carbocycles. The minimum atomic E-state index is -0.381. The molecule has 0 spiro atoms. The van der Waals surface area contributed by atoms with Crippen LogP contribution in [-0.2, 0) is 4.74 Å². The van der Waals surface area contributed by atoms with Crippen molar-refractivity contribution in [2.75, 3.05) is 18.5 Å². The molecule has 0 bridgehead atoms. The monoisotopic (exact) mass is 229 g/mol. The zero-order chi connectivity index (χ0) is 10.7. The molecule has 2 rings (SSSR count). The van der Waals surface area contributed by atoms with E-state index in [1.165, 1.54) is 6.20 Å². The SMILES string of the molecule is O=c1[nH]ncc(NC[C@@H]2CCCO2)c1Cl. The Bertz CT molecular complexity index is 387. The number of hydrogen-bond acceptors (Lipinski definition) is 4. The van der Waals surface area contributed by atoms with E-state index in [-0.39, 0.29) is 16.7 Å². The number of aromatic amines is 1. The predicted molar refractivity (Wildman–Crippen MR) is 57.3 cm³/mol. The molecule has 1 saturated heterocycles. The molecule has 6 heteroatoms. The maximum atomic E-state index is 11.1. The molecule has 1 aliphatic rings. The van der Waals surface area contributed by atoms with Crippen molar-refractivity contribution >= 4 is 17.3 Å². The Balaban J connectivity index is 1.98. The van der Waals surface area contributed by atoms with E-state index in [0.717, 1.165) is 19.4 Å². The smallest absolute Gasteiger partial charge is 0.285 e. The maximum absolute atomic E-state index is 11.1. The van der Waals surface area contributed by atoms with Crippen molar-refractivity contribution in [3.05, 3.63) is 21.6 Å². The average Bonchev–Trinajstić information content (AvgIpc) is 2.73. The summed E-state index contributed by atoms with van der Waals surface area (Å²) in [7, 11) is 0. The van der Waals surface area contributed by atoms with Crippen LogP contribution in [0.1, 0.15) is 12.8 Å². The van der Waals surface area contributed by atoms with E-state index >= 15 is 0 Å². The largest absolute Gasteiger partial charge is 0.380 e. The Labute approximate surface area is 91.8 Å². The van der Waals surface area contributed by atoms with Crippen LogP contribution in [0.4, 0.5) is 5.69 Å². The molecular weight excluding hydrogens is 218 g/mol. The first-order valence-corrected chi connectivity index (χ1v) is 5.24. The summed E-state index contributed by atoms with van der Waals surface area (Å²) in [5, 5.41) is 9.12. The standard InChI is InChI=1S/C9H12ClN3O2/c10-8-7(5-12-13-9(8)14)11-4-6-2-1-3-15-6/h5-6H,1-4H2,(H2,11,13,14)/t6-/m0/s1. The van der Waals surface area contributed by atoms with Gasteiger partial charge in [-0.15, -0.1) is 0 Å². The maximum Gasteiger partial charge on any atom is 0.285 e. The highest BCUT2D eigenvalue weighted by atomic mass is 35.5. The fourth-order valence-corrected chi connectivity index (χ4v) is 1.69. The topological polar surface area (TPSA) is 67.0 Å². The van der Waals surface area contributed by atoms with Gasteiger partial charge in [-0.05, 0) is 12.8 Å². The molecule has 0 aliphatic carbocycles. The minimum Gasteiger partial charge on any atom is -0.380 e. The van der Waals surface area contributed by atoms with Gasteiger partial charge >= 0.3 is 0 Å². The van der Waals surface area contributed by atoms with Crippen molar-refractivity contribution in [3.63, 3.8) is 0 Å². The summed E-state index contributed by atoms with van der Waals surface area (Å²) in [5.41, 5.74) is 0.171. The van der Waals surface area contributed by atoms with Gasteiger partial charge in [0.05, 0.1) is 18.0 Å². The van der Waals surface area contributed by atoms with Crippen LogP contribution >= 0.6 is 11.6 Å². The van der Waals surface area contributed by atoms with Gasteiger partial charge in [0.2, 0.25) is 0 Å². The summed E-state index contributed by atoms with van der Waals surface area (Å²) < 4.78 is 5.43. The first-order valence-electron chi connectivity index (χ1n) is 4.86. The highest BCUT2D eigenvalue weighted by Crippen LogP contribution is 2.17. The van der Waals surface area contributed by atoms with E-state index in [1.807, 2.05) is 0 Å². The summed E-state index contributed by atoms with van der Waals surface area (Å²) >= 11 is 5.79. The zero-order valence-corrected chi connectivity index (χ0v) is 8.88.